The van der Waals surface area contributed by atoms with E-state index in [1.807, 2.05) is 45.0 Å². The normalized spacial score (nSPS) is 16.5. The Balaban J connectivity index is 1.41. The molecule has 2 atom stereocenters. The van der Waals surface area contributed by atoms with Crippen molar-refractivity contribution in [3.63, 3.8) is 0 Å². The van der Waals surface area contributed by atoms with E-state index in [0.717, 1.165) is 37.2 Å². The molecule has 12 heteroatoms. The lowest BCUT2D eigenvalue weighted by Crippen LogP contribution is -2.53. The number of piperidine rings is 1. The predicted octanol–water partition coefficient (Wildman–Crippen LogP) is 6.08. The summed E-state index contributed by atoms with van der Waals surface area (Å²) in [5.74, 6) is 1.32. The molecule has 1 fully saturated rings. The number of halogens is 2. The number of ketones is 1. The molecular formula is C30H38Cl2N6O3S. The smallest absolute Gasteiger partial charge is 0.216 e. The summed E-state index contributed by atoms with van der Waals surface area (Å²) < 4.78 is 20.8. The molecule has 0 spiro atoms. The van der Waals surface area contributed by atoms with E-state index >= 15 is 0 Å². The van der Waals surface area contributed by atoms with Crippen LogP contribution in [0.15, 0.2) is 42.7 Å². The van der Waals surface area contributed by atoms with Gasteiger partial charge < -0.3 is 19.5 Å². The van der Waals surface area contributed by atoms with Gasteiger partial charge in [0.05, 0.1) is 24.4 Å². The van der Waals surface area contributed by atoms with Crippen LogP contribution in [0.1, 0.15) is 69.1 Å². The molecule has 0 unspecified atom stereocenters. The Bertz CT molecular complexity index is 1390. The van der Waals surface area contributed by atoms with Crippen LogP contribution in [-0.4, -0.2) is 56.3 Å². The number of rotatable bonds is 10. The Morgan fingerprint density at radius 2 is 1.83 bits per heavy atom. The van der Waals surface area contributed by atoms with Crippen molar-refractivity contribution >= 4 is 52.0 Å². The highest BCUT2D eigenvalue weighted by atomic mass is 35.5. The molecule has 1 aromatic carbocycles. The van der Waals surface area contributed by atoms with Crippen molar-refractivity contribution in [2.45, 2.75) is 64.8 Å². The standard InChI is InChI=1S/C30H38Cl2N6O3S/c1-19(37-42(40)29(2,3)4)30(5)12-15-38(16-13-30)23-18-34-25(27(32)36-23)26(39)22-11-14-33-28(24(22)31)35-17-20-7-9-21(41-6)10-8-20/h7-11,14,18-19,37H,12-13,15-17H2,1-6H3,(H,33,35)/t19-,42-/m1/s1. The van der Waals surface area contributed by atoms with Crippen molar-refractivity contribution in [1.29, 1.82) is 0 Å². The highest BCUT2D eigenvalue weighted by Crippen LogP contribution is 2.37. The number of nitrogens with zero attached hydrogens (tertiary/aromatic N) is 4. The van der Waals surface area contributed by atoms with Gasteiger partial charge in [-0.05, 0) is 69.7 Å². The Hall–Kier alpha value is -2.63. The molecule has 3 aromatic rings. The first-order chi connectivity index (χ1) is 19.8. The van der Waals surface area contributed by atoms with Gasteiger partial charge in [-0.15, -0.1) is 4.72 Å². The topological polar surface area (TPSA) is 115 Å². The van der Waals surface area contributed by atoms with Crippen LogP contribution in [-0.2, 0) is 17.9 Å². The maximum absolute atomic E-state index is 13.4. The van der Waals surface area contributed by atoms with Crippen LogP contribution < -0.4 is 19.7 Å². The van der Waals surface area contributed by atoms with Gasteiger partial charge in [-0.3, -0.25) is 4.79 Å². The van der Waals surface area contributed by atoms with Crippen molar-refractivity contribution in [1.82, 2.24) is 19.7 Å². The summed E-state index contributed by atoms with van der Waals surface area (Å²) in [5, 5.41) is 3.38. The fourth-order valence-electron chi connectivity index (χ4n) is 4.62. The summed E-state index contributed by atoms with van der Waals surface area (Å²) in [4.78, 5) is 28.7. The minimum absolute atomic E-state index is 0.0158. The molecule has 0 amide bonds. The second-order valence-corrected chi connectivity index (χ2v) is 14.5. The van der Waals surface area contributed by atoms with E-state index in [9.17, 15) is 9.35 Å². The minimum Gasteiger partial charge on any atom is -0.598 e. The number of benzene rings is 1. The molecule has 4 rings (SSSR count). The number of hydrogen-bond acceptors (Lipinski definition) is 9. The van der Waals surface area contributed by atoms with Crippen molar-refractivity contribution in [2.75, 3.05) is 30.4 Å². The molecule has 1 aliphatic heterocycles. The number of hydrogen-bond donors (Lipinski definition) is 2. The van der Waals surface area contributed by atoms with E-state index in [1.165, 1.54) is 6.20 Å². The fraction of sp³-hybridized carbons (Fsp3) is 0.467. The average molecular weight is 634 g/mol. The molecule has 0 bridgehead atoms. The van der Waals surface area contributed by atoms with E-state index in [-0.39, 0.29) is 37.6 Å². The SMILES string of the molecule is COc1ccc(CNc2nccc(C(=O)c3ncc(N4CCC(C)([C@@H](C)N[S@+]([O-])C(C)(C)C)CC4)nc3Cl)c2Cl)cc1. The zero-order chi connectivity index (χ0) is 30.7. The lowest BCUT2D eigenvalue weighted by molar-refractivity contribution is 0.103. The summed E-state index contributed by atoms with van der Waals surface area (Å²) in [6.07, 6.45) is 4.85. The van der Waals surface area contributed by atoms with Crippen LogP contribution in [0.25, 0.3) is 0 Å². The lowest BCUT2D eigenvalue weighted by atomic mass is 9.75. The first kappa shape index (κ1) is 32.3. The molecule has 42 heavy (non-hydrogen) atoms. The Labute approximate surface area is 261 Å². The first-order valence-corrected chi connectivity index (χ1v) is 15.7. The summed E-state index contributed by atoms with van der Waals surface area (Å²) >= 11 is 12.0. The zero-order valence-electron chi connectivity index (χ0n) is 24.8. The Morgan fingerprint density at radius 3 is 2.43 bits per heavy atom. The van der Waals surface area contributed by atoms with Crippen molar-refractivity contribution < 1.29 is 14.1 Å². The van der Waals surface area contributed by atoms with Gasteiger partial charge in [-0.1, -0.05) is 42.3 Å². The van der Waals surface area contributed by atoms with E-state index in [0.29, 0.717) is 18.2 Å². The van der Waals surface area contributed by atoms with Crippen molar-refractivity contribution in [3.8, 4) is 5.75 Å². The minimum atomic E-state index is -1.14. The van der Waals surface area contributed by atoms with E-state index in [2.05, 4.69) is 43.7 Å². The van der Waals surface area contributed by atoms with Crippen LogP contribution in [0.5, 0.6) is 5.75 Å². The molecule has 3 heterocycles. The van der Waals surface area contributed by atoms with Crippen LogP contribution in [0.2, 0.25) is 10.2 Å². The second kappa shape index (κ2) is 13.3. The number of aromatic nitrogens is 3. The number of methoxy groups -OCH3 is 1. The van der Waals surface area contributed by atoms with Gasteiger partial charge in [0, 0.05) is 42.8 Å². The third-order valence-corrected chi connectivity index (χ3v) is 10.1. The van der Waals surface area contributed by atoms with Crippen LogP contribution in [0.4, 0.5) is 11.6 Å². The number of ether oxygens (including phenoxy) is 1. The van der Waals surface area contributed by atoms with Gasteiger partial charge in [0.2, 0.25) is 5.78 Å². The second-order valence-electron chi connectivity index (χ2n) is 11.8. The molecule has 1 aliphatic rings. The van der Waals surface area contributed by atoms with E-state index in [4.69, 9.17) is 27.9 Å². The van der Waals surface area contributed by atoms with E-state index < -0.39 is 17.1 Å². The Kier molecular flexibility index (Phi) is 10.3. The van der Waals surface area contributed by atoms with Crippen LogP contribution in [0.3, 0.4) is 0 Å². The average Bonchev–Trinajstić information content (AvgIpc) is 2.96. The summed E-state index contributed by atoms with van der Waals surface area (Å²) in [5.41, 5.74) is 1.23. The van der Waals surface area contributed by atoms with Crippen molar-refractivity contribution in [3.05, 3.63) is 69.7 Å². The molecule has 226 valence electrons. The monoisotopic (exact) mass is 632 g/mol. The van der Waals surface area contributed by atoms with Gasteiger partial charge in [0.1, 0.15) is 27.8 Å². The fourth-order valence-corrected chi connectivity index (χ4v) is 6.07. The number of carbonyl (C=O) groups excluding carboxylic acids is 1. The Morgan fingerprint density at radius 1 is 1.17 bits per heavy atom. The summed E-state index contributed by atoms with van der Waals surface area (Å²) in [7, 11) is 1.62. The molecule has 0 aliphatic carbocycles. The highest BCUT2D eigenvalue weighted by Gasteiger charge is 2.39. The maximum Gasteiger partial charge on any atom is 0.216 e. The first-order valence-electron chi connectivity index (χ1n) is 13.8. The lowest BCUT2D eigenvalue weighted by Gasteiger charge is -2.44. The van der Waals surface area contributed by atoms with Crippen LogP contribution >= 0.6 is 23.2 Å². The quantitative estimate of drug-likeness (QED) is 0.203. The molecule has 0 saturated carbocycles. The molecule has 9 nitrogen and oxygen atoms in total. The zero-order valence-corrected chi connectivity index (χ0v) is 27.2. The van der Waals surface area contributed by atoms with Gasteiger partial charge >= 0.3 is 0 Å². The molecule has 2 aromatic heterocycles. The van der Waals surface area contributed by atoms with Crippen LogP contribution in [0, 0.1) is 5.41 Å². The van der Waals surface area contributed by atoms with E-state index in [1.54, 1.807) is 19.4 Å². The van der Waals surface area contributed by atoms with Gasteiger partial charge in [-0.25, -0.2) is 15.0 Å². The maximum atomic E-state index is 13.4. The molecule has 2 N–H and O–H groups in total. The largest absolute Gasteiger partial charge is 0.598 e. The number of nitrogens with one attached hydrogen (secondary N) is 2. The highest BCUT2D eigenvalue weighted by molar-refractivity contribution is 7.90. The van der Waals surface area contributed by atoms with Gasteiger partial charge in [0.15, 0.2) is 5.15 Å². The van der Waals surface area contributed by atoms with Gasteiger partial charge in [-0.2, -0.15) is 0 Å². The summed E-state index contributed by atoms with van der Waals surface area (Å²) in [6, 6.07) is 9.22. The van der Waals surface area contributed by atoms with Gasteiger partial charge in [0.25, 0.3) is 0 Å². The third kappa shape index (κ3) is 7.47. The number of anilines is 2. The number of carbonyl (C=O) groups is 1. The predicted molar refractivity (Wildman–Crippen MR) is 170 cm³/mol. The molecule has 0 radical (unpaired) electrons. The molecule has 1 saturated heterocycles. The number of pyridine rings is 1. The third-order valence-electron chi connectivity index (χ3n) is 7.80. The molecular weight excluding hydrogens is 595 g/mol. The summed E-state index contributed by atoms with van der Waals surface area (Å²) in [6.45, 7) is 12.2. The van der Waals surface area contributed by atoms with Crippen molar-refractivity contribution in [2.24, 2.45) is 5.41 Å².